The molecule has 0 heterocycles. The van der Waals surface area contributed by atoms with Gasteiger partial charge < -0.3 is 5.73 Å². The first-order chi connectivity index (χ1) is 6.65. The standard InChI is InChI=1S/C8H16F3NO2S/c1-3-6(2)15(13,14)5-7(4-12)8(9,10)11/h6-7H,3-5,12H2,1-2H3. The van der Waals surface area contributed by atoms with E-state index in [9.17, 15) is 21.6 Å². The quantitative estimate of drug-likeness (QED) is 0.797. The van der Waals surface area contributed by atoms with E-state index in [1.165, 1.54) is 6.92 Å². The number of hydrogen-bond donors (Lipinski definition) is 1. The highest BCUT2D eigenvalue weighted by Crippen LogP contribution is 2.27. The maximum Gasteiger partial charge on any atom is 0.393 e. The van der Waals surface area contributed by atoms with E-state index in [-0.39, 0.29) is 0 Å². The van der Waals surface area contributed by atoms with Crippen LogP contribution in [0, 0.1) is 5.92 Å². The van der Waals surface area contributed by atoms with Crippen molar-refractivity contribution in [2.24, 2.45) is 11.7 Å². The molecular formula is C8H16F3NO2S. The topological polar surface area (TPSA) is 60.2 Å². The number of alkyl halides is 3. The van der Waals surface area contributed by atoms with Gasteiger partial charge >= 0.3 is 6.18 Å². The molecule has 0 amide bonds. The van der Waals surface area contributed by atoms with E-state index in [1.54, 1.807) is 6.92 Å². The van der Waals surface area contributed by atoms with Crippen LogP contribution in [0.5, 0.6) is 0 Å². The van der Waals surface area contributed by atoms with Crippen LogP contribution in [0.25, 0.3) is 0 Å². The van der Waals surface area contributed by atoms with Gasteiger partial charge in [0.15, 0.2) is 9.84 Å². The van der Waals surface area contributed by atoms with Crippen molar-refractivity contribution >= 4 is 9.84 Å². The van der Waals surface area contributed by atoms with Gasteiger partial charge in [0, 0.05) is 6.54 Å². The Morgan fingerprint density at radius 2 is 1.80 bits per heavy atom. The molecule has 0 aliphatic rings. The predicted octanol–water partition coefficient (Wildman–Crippen LogP) is 1.34. The summed E-state index contributed by atoms with van der Waals surface area (Å²) in [5, 5.41) is -0.756. The maximum atomic E-state index is 12.3. The van der Waals surface area contributed by atoms with Crippen LogP contribution in [0.4, 0.5) is 13.2 Å². The Balaban J connectivity index is 4.71. The minimum absolute atomic E-state index is 0.303. The fraction of sp³-hybridized carbons (Fsp3) is 1.00. The third kappa shape index (κ3) is 4.38. The Morgan fingerprint density at radius 3 is 2.07 bits per heavy atom. The van der Waals surface area contributed by atoms with Gasteiger partial charge in [-0.1, -0.05) is 6.92 Å². The van der Waals surface area contributed by atoms with Gasteiger partial charge in [-0.25, -0.2) is 8.42 Å². The smallest absolute Gasteiger partial charge is 0.330 e. The molecule has 0 saturated heterocycles. The molecule has 0 aliphatic heterocycles. The van der Waals surface area contributed by atoms with Crippen molar-refractivity contribution in [3.63, 3.8) is 0 Å². The van der Waals surface area contributed by atoms with Crippen molar-refractivity contribution in [1.82, 2.24) is 0 Å². The molecule has 7 heteroatoms. The number of nitrogens with two attached hydrogens (primary N) is 1. The summed E-state index contributed by atoms with van der Waals surface area (Å²) in [5.74, 6) is -2.88. The summed E-state index contributed by atoms with van der Waals surface area (Å²) in [6.07, 6.45) is -4.24. The third-order valence-corrected chi connectivity index (χ3v) is 4.80. The van der Waals surface area contributed by atoms with Gasteiger partial charge in [-0.2, -0.15) is 13.2 Å². The predicted molar refractivity (Wildman–Crippen MR) is 52.1 cm³/mol. The first-order valence-corrected chi connectivity index (χ1v) is 6.35. The summed E-state index contributed by atoms with van der Waals surface area (Å²) in [6.45, 7) is 2.33. The molecule has 0 rings (SSSR count). The highest BCUT2D eigenvalue weighted by Gasteiger charge is 2.42. The lowest BCUT2D eigenvalue weighted by atomic mass is 10.2. The molecule has 0 bridgehead atoms. The average Bonchev–Trinajstić information content (AvgIpc) is 2.10. The second-order valence-electron chi connectivity index (χ2n) is 3.52. The fourth-order valence-electron chi connectivity index (χ4n) is 0.995. The van der Waals surface area contributed by atoms with Gasteiger partial charge in [0.25, 0.3) is 0 Å². The molecule has 15 heavy (non-hydrogen) atoms. The highest BCUT2D eigenvalue weighted by atomic mass is 32.2. The second-order valence-corrected chi connectivity index (χ2v) is 5.99. The van der Waals surface area contributed by atoms with E-state index in [4.69, 9.17) is 5.73 Å². The van der Waals surface area contributed by atoms with Gasteiger partial charge in [0.1, 0.15) is 0 Å². The Bertz CT molecular complexity index is 287. The zero-order valence-corrected chi connectivity index (χ0v) is 9.53. The number of hydrogen-bond acceptors (Lipinski definition) is 3. The van der Waals surface area contributed by atoms with Crippen LogP contribution in [0.1, 0.15) is 20.3 Å². The van der Waals surface area contributed by atoms with Crippen LogP contribution in [0.3, 0.4) is 0 Å². The summed E-state index contributed by atoms with van der Waals surface area (Å²) in [6, 6.07) is 0. The van der Waals surface area contributed by atoms with Crippen molar-refractivity contribution in [3.8, 4) is 0 Å². The van der Waals surface area contributed by atoms with E-state index in [0.29, 0.717) is 6.42 Å². The first-order valence-electron chi connectivity index (χ1n) is 4.63. The van der Waals surface area contributed by atoms with Gasteiger partial charge in [0.05, 0.1) is 16.9 Å². The van der Waals surface area contributed by atoms with Crippen molar-refractivity contribution < 1.29 is 21.6 Å². The molecule has 2 unspecified atom stereocenters. The van der Waals surface area contributed by atoms with Gasteiger partial charge in [-0.15, -0.1) is 0 Å². The normalized spacial score (nSPS) is 17.5. The lowest BCUT2D eigenvalue weighted by Crippen LogP contribution is -2.38. The molecule has 2 N–H and O–H groups in total. The summed E-state index contributed by atoms with van der Waals surface area (Å²) < 4.78 is 59.7. The largest absolute Gasteiger partial charge is 0.393 e. The van der Waals surface area contributed by atoms with Crippen molar-refractivity contribution in [1.29, 1.82) is 0 Å². The molecule has 0 aromatic heterocycles. The van der Waals surface area contributed by atoms with E-state index in [2.05, 4.69) is 0 Å². The average molecular weight is 247 g/mol. The Labute approximate surface area is 87.8 Å². The highest BCUT2D eigenvalue weighted by molar-refractivity contribution is 7.92. The van der Waals surface area contributed by atoms with E-state index in [1.807, 2.05) is 0 Å². The number of rotatable bonds is 5. The second kappa shape index (κ2) is 5.16. The summed E-state index contributed by atoms with van der Waals surface area (Å²) in [4.78, 5) is 0. The van der Waals surface area contributed by atoms with Gasteiger partial charge in [0.2, 0.25) is 0 Å². The Morgan fingerprint density at radius 1 is 1.33 bits per heavy atom. The fourth-order valence-corrected chi connectivity index (χ4v) is 2.72. The molecule has 0 aromatic carbocycles. The van der Waals surface area contributed by atoms with Gasteiger partial charge in [-0.3, -0.25) is 0 Å². The number of halogens is 3. The molecule has 2 atom stereocenters. The molecule has 0 aliphatic carbocycles. The molecular weight excluding hydrogens is 231 g/mol. The third-order valence-electron chi connectivity index (χ3n) is 2.37. The van der Waals surface area contributed by atoms with E-state index >= 15 is 0 Å². The van der Waals surface area contributed by atoms with Crippen LogP contribution < -0.4 is 5.73 Å². The van der Waals surface area contributed by atoms with Crippen LogP contribution in [0.2, 0.25) is 0 Å². The lowest BCUT2D eigenvalue weighted by molar-refractivity contribution is -0.165. The molecule has 92 valence electrons. The molecule has 0 fully saturated rings. The minimum Gasteiger partial charge on any atom is -0.330 e. The SMILES string of the molecule is CCC(C)S(=O)(=O)CC(CN)C(F)(F)F. The van der Waals surface area contributed by atoms with Gasteiger partial charge in [-0.05, 0) is 13.3 Å². The Kier molecular flexibility index (Phi) is 5.05. The zero-order valence-electron chi connectivity index (χ0n) is 8.71. The molecule has 0 aromatic rings. The number of sulfone groups is 1. The van der Waals surface area contributed by atoms with E-state index < -0.39 is 39.5 Å². The Hall–Kier alpha value is -0.300. The minimum atomic E-state index is -4.55. The van der Waals surface area contributed by atoms with Crippen molar-refractivity contribution in [2.45, 2.75) is 31.7 Å². The summed E-state index contributed by atoms with van der Waals surface area (Å²) in [5.41, 5.74) is 4.92. The molecule has 0 spiro atoms. The van der Waals surface area contributed by atoms with Crippen molar-refractivity contribution in [3.05, 3.63) is 0 Å². The molecule has 3 nitrogen and oxygen atoms in total. The van der Waals surface area contributed by atoms with Crippen LogP contribution in [-0.2, 0) is 9.84 Å². The summed E-state index contributed by atoms with van der Waals surface area (Å²) >= 11 is 0. The van der Waals surface area contributed by atoms with Crippen molar-refractivity contribution in [2.75, 3.05) is 12.3 Å². The van der Waals surface area contributed by atoms with E-state index in [0.717, 1.165) is 0 Å². The van der Waals surface area contributed by atoms with Crippen LogP contribution >= 0.6 is 0 Å². The summed E-state index contributed by atoms with van der Waals surface area (Å²) in [7, 11) is -3.70. The lowest BCUT2D eigenvalue weighted by Gasteiger charge is -2.20. The molecule has 0 radical (unpaired) electrons. The molecule has 0 saturated carbocycles. The first kappa shape index (κ1) is 14.7. The zero-order chi connectivity index (χ0) is 12.3. The van der Waals surface area contributed by atoms with Crippen LogP contribution in [-0.4, -0.2) is 32.1 Å². The maximum absolute atomic E-state index is 12.3. The monoisotopic (exact) mass is 247 g/mol. The van der Waals surface area contributed by atoms with Crippen LogP contribution in [0.15, 0.2) is 0 Å².